The monoisotopic (exact) mass is 310 g/mol. The summed E-state index contributed by atoms with van der Waals surface area (Å²) in [5, 5.41) is 3.90. The average molecular weight is 310 g/mol. The lowest BCUT2D eigenvalue weighted by molar-refractivity contribution is 0.0374. The molecule has 0 fully saturated rings. The molecule has 1 aromatic heterocycles. The van der Waals surface area contributed by atoms with E-state index in [1.165, 1.54) is 22.3 Å². The number of carbonyl (C=O) groups excluding carboxylic acids is 1. The molecule has 1 aromatic carbocycles. The van der Waals surface area contributed by atoms with Gasteiger partial charge in [-0.25, -0.2) is 13.3 Å². The molecule has 0 aliphatic heterocycles. The molecule has 112 valence electrons. The number of carbonyl (C=O) groups is 1. The quantitative estimate of drug-likeness (QED) is 0.681. The summed E-state index contributed by atoms with van der Waals surface area (Å²) in [6.45, 7) is 3.33. The van der Waals surface area contributed by atoms with Crippen LogP contribution in [0, 0.1) is 5.82 Å². The first-order valence-corrected chi connectivity index (χ1v) is 6.73. The third-order valence-corrected chi connectivity index (χ3v) is 2.82. The Morgan fingerprint density at radius 2 is 2.19 bits per heavy atom. The summed E-state index contributed by atoms with van der Waals surface area (Å²) < 4.78 is 25.7. The second-order valence-electron chi connectivity index (χ2n) is 4.58. The molecule has 0 amide bonds. The molecule has 5 nitrogen and oxygen atoms in total. The van der Waals surface area contributed by atoms with Crippen LogP contribution < -0.4 is 4.74 Å². The van der Waals surface area contributed by atoms with Gasteiger partial charge in [-0.05, 0) is 38.8 Å². The van der Waals surface area contributed by atoms with Crippen molar-refractivity contribution >= 4 is 18.8 Å². The maximum Gasteiger partial charge on any atom is 0.338 e. The highest BCUT2D eigenvalue weighted by Gasteiger charge is 2.18. The normalized spacial score (nSPS) is 10.7. The minimum absolute atomic E-state index is 0.125. The fourth-order valence-corrected chi connectivity index (χ4v) is 1.85. The predicted octanol–water partition coefficient (Wildman–Crippen LogP) is 2.86. The molecule has 0 saturated heterocycles. The molecule has 0 saturated carbocycles. The molecule has 1 heterocycles. The Bertz CT molecular complexity index is 643. The van der Waals surface area contributed by atoms with Crippen molar-refractivity contribution in [2.75, 3.05) is 0 Å². The van der Waals surface area contributed by atoms with E-state index in [-0.39, 0.29) is 29.7 Å². The van der Waals surface area contributed by atoms with Gasteiger partial charge >= 0.3 is 5.97 Å². The fraction of sp³-hybridized carbons (Fsp3) is 0.286. The van der Waals surface area contributed by atoms with Crippen LogP contribution in [-0.4, -0.2) is 21.3 Å². The van der Waals surface area contributed by atoms with Crippen molar-refractivity contribution in [2.45, 2.75) is 26.6 Å². The fourth-order valence-electron chi connectivity index (χ4n) is 1.70. The second-order valence-corrected chi connectivity index (χ2v) is 4.99. The number of thiol groups is 1. The van der Waals surface area contributed by atoms with Crippen molar-refractivity contribution in [1.29, 1.82) is 0 Å². The molecule has 0 N–H and O–H groups in total. The van der Waals surface area contributed by atoms with E-state index < -0.39 is 11.8 Å². The van der Waals surface area contributed by atoms with Crippen LogP contribution in [0.2, 0.25) is 0 Å². The van der Waals surface area contributed by atoms with Crippen LogP contribution in [0.15, 0.2) is 30.5 Å². The molecule has 0 bridgehead atoms. The zero-order valence-corrected chi connectivity index (χ0v) is 12.5. The van der Waals surface area contributed by atoms with Crippen molar-refractivity contribution in [1.82, 2.24) is 9.19 Å². The van der Waals surface area contributed by atoms with Crippen LogP contribution in [0.25, 0.3) is 0 Å². The van der Waals surface area contributed by atoms with Gasteiger partial charge < -0.3 is 9.47 Å². The molecule has 21 heavy (non-hydrogen) atoms. The minimum atomic E-state index is -0.581. The van der Waals surface area contributed by atoms with Gasteiger partial charge in [0, 0.05) is 17.8 Å². The molecule has 0 aliphatic rings. The van der Waals surface area contributed by atoms with Gasteiger partial charge in [-0.1, -0.05) is 6.07 Å². The first-order valence-electron chi connectivity index (χ1n) is 6.33. The molecule has 0 unspecified atom stereocenters. The zero-order valence-electron chi connectivity index (χ0n) is 11.6. The van der Waals surface area contributed by atoms with Crippen LogP contribution in [0.3, 0.4) is 0 Å². The standard InChI is InChI=1S/C14H15FN2O3S/c1-9(2)20-14(18)10-4-3-5-12(15)11(10)8-19-13-6-7-17(21)16-13/h3-7,9,21H,8H2,1-2H3. The summed E-state index contributed by atoms with van der Waals surface area (Å²) in [6.07, 6.45) is 1.29. The van der Waals surface area contributed by atoms with E-state index in [2.05, 4.69) is 17.9 Å². The number of hydrogen-bond acceptors (Lipinski definition) is 5. The molecule has 0 aliphatic carbocycles. The Morgan fingerprint density at radius 1 is 1.43 bits per heavy atom. The molecule has 0 spiro atoms. The molecule has 7 heteroatoms. The molecular weight excluding hydrogens is 295 g/mol. The van der Waals surface area contributed by atoms with Crippen LogP contribution >= 0.6 is 12.8 Å². The highest BCUT2D eigenvalue weighted by molar-refractivity contribution is 7.78. The van der Waals surface area contributed by atoms with E-state index in [9.17, 15) is 9.18 Å². The summed E-state index contributed by atoms with van der Waals surface area (Å²) in [5.41, 5.74) is 0.283. The number of hydrogen-bond donors (Lipinski definition) is 1. The minimum Gasteiger partial charge on any atom is -0.472 e. The maximum atomic E-state index is 13.9. The Labute approximate surface area is 127 Å². The van der Waals surface area contributed by atoms with Gasteiger partial charge in [0.2, 0.25) is 5.88 Å². The highest BCUT2D eigenvalue weighted by Crippen LogP contribution is 2.18. The number of nitrogens with zero attached hydrogens (tertiary/aromatic N) is 2. The predicted molar refractivity (Wildman–Crippen MR) is 77.9 cm³/mol. The van der Waals surface area contributed by atoms with Gasteiger partial charge in [0.05, 0.1) is 11.7 Å². The Balaban J connectivity index is 2.19. The third kappa shape index (κ3) is 3.98. The number of esters is 1. The summed E-state index contributed by atoms with van der Waals surface area (Å²) in [7, 11) is 0. The third-order valence-electron chi connectivity index (χ3n) is 2.60. The first kappa shape index (κ1) is 15.4. The van der Waals surface area contributed by atoms with E-state index in [1.807, 2.05) is 0 Å². The van der Waals surface area contributed by atoms with E-state index in [0.717, 1.165) is 0 Å². The van der Waals surface area contributed by atoms with E-state index in [1.54, 1.807) is 26.1 Å². The lowest BCUT2D eigenvalue weighted by Gasteiger charge is -2.12. The van der Waals surface area contributed by atoms with Crippen LogP contribution in [0.4, 0.5) is 4.39 Å². The van der Waals surface area contributed by atoms with Crippen LogP contribution in [-0.2, 0) is 11.3 Å². The Morgan fingerprint density at radius 3 is 2.81 bits per heavy atom. The lowest BCUT2D eigenvalue weighted by Crippen LogP contribution is -2.15. The number of aromatic nitrogens is 2. The largest absolute Gasteiger partial charge is 0.472 e. The molecular formula is C14H15FN2O3S. The van der Waals surface area contributed by atoms with Crippen molar-refractivity contribution < 1.29 is 18.7 Å². The smallest absolute Gasteiger partial charge is 0.338 e. The van der Waals surface area contributed by atoms with Gasteiger partial charge in [0.15, 0.2) is 0 Å². The van der Waals surface area contributed by atoms with E-state index in [0.29, 0.717) is 0 Å². The Hall–Kier alpha value is -2.02. The topological polar surface area (TPSA) is 53.4 Å². The van der Waals surface area contributed by atoms with Crippen LogP contribution in [0.5, 0.6) is 5.88 Å². The highest BCUT2D eigenvalue weighted by atomic mass is 32.1. The number of benzene rings is 1. The molecule has 0 atom stereocenters. The molecule has 0 radical (unpaired) electrons. The van der Waals surface area contributed by atoms with Gasteiger partial charge in [-0.15, -0.1) is 5.10 Å². The van der Waals surface area contributed by atoms with Crippen molar-refractivity contribution in [2.24, 2.45) is 0 Å². The first-order chi connectivity index (χ1) is 9.97. The maximum absolute atomic E-state index is 13.9. The average Bonchev–Trinajstić information content (AvgIpc) is 2.82. The van der Waals surface area contributed by atoms with Gasteiger partial charge in [0.1, 0.15) is 12.4 Å². The van der Waals surface area contributed by atoms with Crippen molar-refractivity contribution in [3.8, 4) is 5.88 Å². The number of halogens is 1. The second kappa shape index (κ2) is 6.62. The van der Waals surface area contributed by atoms with Gasteiger partial charge in [0.25, 0.3) is 0 Å². The van der Waals surface area contributed by atoms with Gasteiger partial charge in [-0.3, -0.25) is 0 Å². The number of rotatable bonds is 5. The van der Waals surface area contributed by atoms with Gasteiger partial charge in [-0.2, -0.15) is 0 Å². The van der Waals surface area contributed by atoms with Crippen molar-refractivity contribution in [3.05, 3.63) is 47.4 Å². The van der Waals surface area contributed by atoms with E-state index in [4.69, 9.17) is 9.47 Å². The summed E-state index contributed by atoms with van der Waals surface area (Å²) >= 11 is 3.97. The Kier molecular flexibility index (Phi) is 4.85. The van der Waals surface area contributed by atoms with E-state index >= 15 is 0 Å². The number of ether oxygens (including phenoxy) is 2. The summed E-state index contributed by atoms with van der Waals surface area (Å²) in [5.74, 6) is -0.822. The summed E-state index contributed by atoms with van der Waals surface area (Å²) in [4.78, 5) is 12.0. The van der Waals surface area contributed by atoms with Crippen LogP contribution in [0.1, 0.15) is 29.8 Å². The van der Waals surface area contributed by atoms with Crippen molar-refractivity contribution in [3.63, 3.8) is 0 Å². The zero-order chi connectivity index (χ0) is 15.4. The molecule has 2 aromatic rings. The SMILES string of the molecule is CC(C)OC(=O)c1cccc(F)c1COc1ccn(S)n1. The lowest BCUT2D eigenvalue weighted by atomic mass is 10.1. The molecule has 2 rings (SSSR count). The summed E-state index contributed by atoms with van der Waals surface area (Å²) in [6, 6.07) is 5.81.